The number of likely N-dealkylation sites (tertiary alicyclic amines) is 1. The molecule has 0 unspecified atom stereocenters. The summed E-state index contributed by atoms with van der Waals surface area (Å²) in [5, 5.41) is 0. The summed E-state index contributed by atoms with van der Waals surface area (Å²) < 4.78 is 44.0. The fourth-order valence-corrected chi connectivity index (χ4v) is 11.1. The fourth-order valence-electron chi connectivity index (χ4n) is 9.17. The van der Waals surface area contributed by atoms with Crippen molar-refractivity contribution >= 4 is 16.0 Å². The molecule has 4 aliphatic rings. The Kier molecular flexibility index (Phi) is 7.82. The third-order valence-corrected chi connectivity index (χ3v) is 12.6. The number of ether oxygens (including phenoxy) is 2. The van der Waals surface area contributed by atoms with Crippen LogP contribution in [0.1, 0.15) is 62.3 Å². The Morgan fingerprint density at radius 3 is 2.40 bits per heavy atom. The zero-order valence-electron chi connectivity index (χ0n) is 26.5. The molecule has 238 valence electrons. The number of hydrogen-bond acceptors (Lipinski definition) is 6. The van der Waals surface area contributed by atoms with E-state index in [1.807, 2.05) is 42.5 Å². The minimum atomic E-state index is -3.69. The zero-order valence-corrected chi connectivity index (χ0v) is 27.3. The molecule has 1 saturated heterocycles. The quantitative estimate of drug-likeness (QED) is 0.276. The predicted octanol–water partition coefficient (Wildman–Crippen LogP) is 5.51. The molecule has 7 rings (SSSR count). The van der Waals surface area contributed by atoms with Gasteiger partial charge in [-0.2, -0.15) is 4.31 Å². The molecule has 0 N–H and O–H groups in total. The van der Waals surface area contributed by atoms with Crippen LogP contribution in [0.3, 0.4) is 0 Å². The molecule has 0 radical (unpaired) electrons. The minimum absolute atomic E-state index is 0.0220. The molecule has 0 aromatic heterocycles. The molecule has 2 fully saturated rings. The van der Waals surface area contributed by atoms with Crippen molar-refractivity contribution in [2.24, 2.45) is 5.92 Å². The number of carbonyl (C=O) groups excluding carboxylic acids is 1. The van der Waals surface area contributed by atoms with Crippen LogP contribution in [0.25, 0.3) is 0 Å². The van der Waals surface area contributed by atoms with Crippen LogP contribution in [0.4, 0.5) is 0 Å². The van der Waals surface area contributed by atoms with Gasteiger partial charge in [-0.3, -0.25) is 9.69 Å². The summed E-state index contributed by atoms with van der Waals surface area (Å²) in [6.45, 7) is 7.76. The SMILES string of the molecule is CC(=O)O[C@@]12CC[C@H](N(CC(C)C)S(=O)(=O)Cc3ccccc3)[C@@H]3Oc4cccc5c4[C@@]31CCN(CCc1ccccc1)[C@@H]2C5. The summed E-state index contributed by atoms with van der Waals surface area (Å²) in [6, 6.07) is 25.8. The van der Waals surface area contributed by atoms with E-state index in [-0.39, 0.29) is 29.7 Å². The van der Waals surface area contributed by atoms with Crippen LogP contribution in [0.15, 0.2) is 78.9 Å². The van der Waals surface area contributed by atoms with E-state index < -0.39 is 27.1 Å². The Morgan fingerprint density at radius 1 is 1.00 bits per heavy atom. The molecular formula is C37H44N2O5S. The number of sulfonamides is 1. The highest BCUT2D eigenvalue weighted by atomic mass is 32.2. The van der Waals surface area contributed by atoms with E-state index in [2.05, 4.69) is 55.1 Å². The second-order valence-corrected chi connectivity index (χ2v) is 15.8. The molecule has 2 heterocycles. The molecule has 0 amide bonds. The summed E-state index contributed by atoms with van der Waals surface area (Å²) in [6.07, 6.45) is 3.13. The van der Waals surface area contributed by atoms with Crippen molar-refractivity contribution in [2.75, 3.05) is 19.6 Å². The van der Waals surface area contributed by atoms with E-state index in [1.165, 1.54) is 18.1 Å². The van der Waals surface area contributed by atoms with Crippen molar-refractivity contribution in [2.45, 2.75) is 87.8 Å². The van der Waals surface area contributed by atoms with Crippen molar-refractivity contribution in [1.29, 1.82) is 0 Å². The van der Waals surface area contributed by atoms with Crippen LogP contribution in [-0.2, 0) is 43.6 Å². The van der Waals surface area contributed by atoms with E-state index in [0.29, 0.717) is 19.4 Å². The van der Waals surface area contributed by atoms with Gasteiger partial charge in [0, 0.05) is 25.6 Å². The van der Waals surface area contributed by atoms with E-state index >= 15 is 0 Å². The van der Waals surface area contributed by atoms with Crippen LogP contribution >= 0.6 is 0 Å². The molecule has 5 atom stereocenters. The lowest BCUT2D eigenvalue weighted by Crippen LogP contribution is -2.79. The first-order valence-electron chi connectivity index (χ1n) is 16.4. The lowest BCUT2D eigenvalue weighted by molar-refractivity contribution is -0.221. The van der Waals surface area contributed by atoms with Gasteiger partial charge in [-0.1, -0.05) is 86.6 Å². The molecule has 3 aromatic rings. The van der Waals surface area contributed by atoms with Crippen LogP contribution in [0, 0.1) is 5.92 Å². The number of piperidine rings is 1. The van der Waals surface area contributed by atoms with E-state index in [9.17, 15) is 13.2 Å². The minimum Gasteiger partial charge on any atom is -0.487 e. The first-order chi connectivity index (χ1) is 21.6. The van der Waals surface area contributed by atoms with Gasteiger partial charge in [-0.25, -0.2) is 8.42 Å². The van der Waals surface area contributed by atoms with Crippen molar-refractivity contribution in [3.8, 4) is 5.75 Å². The van der Waals surface area contributed by atoms with Gasteiger partial charge < -0.3 is 9.47 Å². The smallest absolute Gasteiger partial charge is 0.303 e. The number of hydrogen-bond donors (Lipinski definition) is 0. The van der Waals surface area contributed by atoms with Crippen LogP contribution in [0.5, 0.6) is 5.75 Å². The Morgan fingerprint density at radius 2 is 1.71 bits per heavy atom. The summed E-state index contributed by atoms with van der Waals surface area (Å²) >= 11 is 0. The Bertz CT molecular complexity index is 1660. The lowest BCUT2D eigenvalue weighted by Gasteiger charge is -2.65. The molecule has 3 aromatic carbocycles. The normalized spacial score (nSPS) is 28.5. The summed E-state index contributed by atoms with van der Waals surface area (Å²) in [5.74, 6) is 0.610. The van der Waals surface area contributed by atoms with Crippen molar-refractivity contribution in [3.05, 3.63) is 101 Å². The van der Waals surface area contributed by atoms with Crippen LogP contribution < -0.4 is 4.74 Å². The second-order valence-electron chi connectivity index (χ2n) is 13.8. The average molecular weight is 629 g/mol. The molecule has 2 aliphatic carbocycles. The molecule has 1 spiro atoms. The summed E-state index contributed by atoms with van der Waals surface area (Å²) in [7, 11) is -3.69. The standard InChI is InChI=1S/C37H44N2O5S/c1-26(2)24-39(45(41,42)25-29-13-8-5-9-14-29)31-17-19-37(44-27(3)40)33-23-30-15-10-16-32-34(30)36(37,35(31)43-32)20-22-38(33)21-18-28-11-6-4-7-12-28/h4-16,26,31,33,35H,17-25H2,1-3H3/t31-,33+,35-,36-,37+/m0/s1. The average Bonchev–Trinajstić information content (AvgIpc) is 3.35. The number of rotatable bonds is 10. The van der Waals surface area contributed by atoms with Gasteiger partial charge in [-0.05, 0) is 67.3 Å². The van der Waals surface area contributed by atoms with E-state index in [1.54, 1.807) is 4.31 Å². The number of esters is 1. The van der Waals surface area contributed by atoms with Gasteiger partial charge in [0.25, 0.3) is 0 Å². The highest BCUT2D eigenvalue weighted by Gasteiger charge is 2.75. The van der Waals surface area contributed by atoms with Gasteiger partial charge in [0.15, 0.2) is 0 Å². The molecule has 1 saturated carbocycles. The Balaban J connectivity index is 1.31. The molecule has 7 nitrogen and oxygen atoms in total. The summed E-state index contributed by atoms with van der Waals surface area (Å²) in [4.78, 5) is 15.6. The maximum absolute atomic E-state index is 14.3. The maximum atomic E-state index is 14.3. The van der Waals surface area contributed by atoms with Gasteiger partial charge in [-0.15, -0.1) is 0 Å². The third-order valence-electron chi connectivity index (χ3n) is 10.7. The molecular weight excluding hydrogens is 584 g/mol. The van der Waals surface area contributed by atoms with Gasteiger partial charge in [0.1, 0.15) is 17.5 Å². The zero-order chi connectivity index (χ0) is 31.4. The maximum Gasteiger partial charge on any atom is 0.303 e. The van der Waals surface area contributed by atoms with Gasteiger partial charge in [0.2, 0.25) is 10.0 Å². The topological polar surface area (TPSA) is 76.1 Å². The monoisotopic (exact) mass is 628 g/mol. The van der Waals surface area contributed by atoms with Gasteiger partial charge in [0.05, 0.1) is 23.3 Å². The fraction of sp³-hybridized carbons (Fsp3) is 0.486. The van der Waals surface area contributed by atoms with Crippen molar-refractivity contribution < 1.29 is 22.7 Å². The highest BCUT2D eigenvalue weighted by molar-refractivity contribution is 7.88. The van der Waals surface area contributed by atoms with Crippen molar-refractivity contribution in [3.63, 3.8) is 0 Å². The van der Waals surface area contributed by atoms with Crippen LogP contribution in [0.2, 0.25) is 0 Å². The molecule has 2 aliphatic heterocycles. The first kappa shape index (κ1) is 30.5. The third kappa shape index (κ3) is 5.00. The lowest BCUT2D eigenvalue weighted by atomic mass is 9.48. The van der Waals surface area contributed by atoms with E-state index in [0.717, 1.165) is 49.2 Å². The Labute approximate surface area is 267 Å². The molecule has 2 bridgehead atoms. The number of carbonyl (C=O) groups is 1. The molecule has 8 heteroatoms. The highest BCUT2D eigenvalue weighted by Crippen LogP contribution is 2.66. The van der Waals surface area contributed by atoms with E-state index in [4.69, 9.17) is 9.47 Å². The Hall–Kier alpha value is -3.20. The van der Waals surface area contributed by atoms with Gasteiger partial charge >= 0.3 is 5.97 Å². The second kappa shape index (κ2) is 11.6. The summed E-state index contributed by atoms with van der Waals surface area (Å²) in [5.41, 5.74) is 3.01. The number of nitrogens with zero attached hydrogens (tertiary/aromatic N) is 2. The molecule has 45 heavy (non-hydrogen) atoms. The first-order valence-corrected chi connectivity index (χ1v) is 18.1. The van der Waals surface area contributed by atoms with Crippen molar-refractivity contribution in [1.82, 2.24) is 9.21 Å². The predicted molar refractivity (Wildman–Crippen MR) is 174 cm³/mol. The number of benzene rings is 3. The van der Waals surface area contributed by atoms with Crippen LogP contribution in [-0.4, -0.2) is 67.0 Å². The largest absolute Gasteiger partial charge is 0.487 e.